The largest absolute Gasteiger partial charge is 0.493 e. The summed E-state index contributed by atoms with van der Waals surface area (Å²) < 4.78 is 21.4. The molecular weight excluding hydrogens is 494 g/mol. The number of allylic oxidation sites excluding steroid dienone is 2. The molecule has 0 aliphatic heterocycles. The van der Waals surface area contributed by atoms with Crippen LogP contribution in [0, 0.1) is 5.41 Å². The fourth-order valence-corrected chi connectivity index (χ4v) is 5.39. The quantitative estimate of drug-likeness (QED) is 0.235. The second-order valence-corrected chi connectivity index (χ2v) is 9.66. The van der Waals surface area contributed by atoms with E-state index in [1.54, 1.807) is 64.9 Å². The third-order valence-electron chi connectivity index (χ3n) is 7.75. The summed E-state index contributed by atoms with van der Waals surface area (Å²) in [4.78, 5) is 30.0. The zero-order valence-corrected chi connectivity index (χ0v) is 24.0. The number of ether oxygens (including phenoxy) is 4. The van der Waals surface area contributed by atoms with Crippen molar-refractivity contribution >= 4 is 23.7 Å². The molecule has 210 valence electrons. The monoisotopic (exact) mass is 535 g/mol. The van der Waals surface area contributed by atoms with Gasteiger partial charge in [0.1, 0.15) is 0 Å². The Morgan fingerprint density at radius 2 is 1.15 bits per heavy atom. The van der Waals surface area contributed by atoms with Gasteiger partial charge in [-0.05, 0) is 86.3 Å². The van der Waals surface area contributed by atoms with Gasteiger partial charge in [-0.25, -0.2) is 0 Å². The lowest BCUT2D eigenvalue weighted by Crippen LogP contribution is -2.46. The summed E-state index contributed by atoms with van der Waals surface area (Å²) in [6, 6.07) is 11.3. The molecule has 0 spiro atoms. The number of methoxy groups -OCH3 is 4. The fraction of sp³-hybridized carbons (Fsp3) is 0.438. The maximum Gasteiger partial charge on any atom is 0.169 e. The molecule has 0 bridgehead atoms. The van der Waals surface area contributed by atoms with Crippen molar-refractivity contribution in [1.29, 1.82) is 0 Å². The smallest absolute Gasteiger partial charge is 0.169 e. The Morgan fingerprint density at radius 3 is 1.51 bits per heavy atom. The molecule has 0 N–H and O–H groups in total. The molecule has 0 heterocycles. The topological polar surface area (TPSA) is 74.3 Å². The van der Waals surface area contributed by atoms with E-state index in [0.29, 0.717) is 41.9 Å². The Kier molecular flexibility index (Phi) is 10.8. The molecular formula is C32H41NO6. The normalized spacial score (nSPS) is 15.6. The Labute approximate surface area is 232 Å². The van der Waals surface area contributed by atoms with Crippen molar-refractivity contribution in [3.8, 4) is 23.0 Å². The standard InChI is InChI=1S/C32H41NO6/c1-7-33(8-2)25-17-19-32(20-18-25,30(34)15-11-23-9-13-26(36-3)28(21-23)38-5)31(35)16-12-24-10-14-27(37-4)29(22-24)39-6/h9-16,21-22,25H,7-8,17-20H2,1-6H3/b15-11+,16-12+. The molecule has 1 aliphatic carbocycles. The third kappa shape index (κ3) is 6.90. The van der Waals surface area contributed by atoms with E-state index in [4.69, 9.17) is 18.9 Å². The lowest BCUT2D eigenvalue weighted by atomic mass is 9.66. The van der Waals surface area contributed by atoms with E-state index in [2.05, 4.69) is 18.7 Å². The summed E-state index contributed by atoms with van der Waals surface area (Å²) >= 11 is 0. The lowest BCUT2D eigenvalue weighted by Gasteiger charge is -2.40. The van der Waals surface area contributed by atoms with Crippen molar-refractivity contribution < 1.29 is 28.5 Å². The Balaban J connectivity index is 1.89. The van der Waals surface area contributed by atoms with Crippen LogP contribution >= 0.6 is 0 Å². The molecule has 0 atom stereocenters. The molecule has 1 saturated carbocycles. The van der Waals surface area contributed by atoms with Crippen LogP contribution < -0.4 is 18.9 Å². The summed E-state index contributed by atoms with van der Waals surface area (Å²) in [5.74, 6) is 2.05. The van der Waals surface area contributed by atoms with Crippen LogP contribution in [-0.2, 0) is 9.59 Å². The molecule has 1 fully saturated rings. The van der Waals surface area contributed by atoms with E-state index in [1.165, 1.54) is 0 Å². The number of hydrogen-bond donors (Lipinski definition) is 0. The first kappa shape index (κ1) is 30.0. The van der Waals surface area contributed by atoms with Gasteiger partial charge in [0, 0.05) is 6.04 Å². The zero-order valence-electron chi connectivity index (χ0n) is 24.0. The van der Waals surface area contributed by atoms with Gasteiger partial charge in [0.2, 0.25) is 0 Å². The van der Waals surface area contributed by atoms with Gasteiger partial charge in [-0.3, -0.25) is 9.59 Å². The van der Waals surface area contributed by atoms with Crippen LogP contribution in [0.25, 0.3) is 12.2 Å². The minimum atomic E-state index is -1.09. The molecule has 0 radical (unpaired) electrons. The van der Waals surface area contributed by atoms with Crippen LogP contribution in [0.4, 0.5) is 0 Å². The average Bonchev–Trinajstić information content (AvgIpc) is 2.99. The number of hydrogen-bond acceptors (Lipinski definition) is 7. The molecule has 7 heteroatoms. The average molecular weight is 536 g/mol. The van der Waals surface area contributed by atoms with Gasteiger partial charge in [-0.15, -0.1) is 0 Å². The number of carbonyl (C=O) groups is 2. The predicted octanol–water partition coefficient (Wildman–Crippen LogP) is 5.86. The van der Waals surface area contributed by atoms with E-state index in [-0.39, 0.29) is 11.6 Å². The number of nitrogens with zero attached hydrogens (tertiary/aromatic N) is 1. The molecule has 2 aromatic carbocycles. The van der Waals surface area contributed by atoms with Gasteiger partial charge < -0.3 is 23.8 Å². The molecule has 0 saturated heterocycles. The van der Waals surface area contributed by atoms with Crippen molar-refractivity contribution in [3.05, 3.63) is 59.7 Å². The van der Waals surface area contributed by atoms with Gasteiger partial charge in [-0.1, -0.05) is 38.1 Å². The molecule has 0 unspecified atom stereocenters. The van der Waals surface area contributed by atoms with Gasteiger partial charge in [0.25, 0.3) is 0 Å². The number of carbonyl (C=O) groups excluding carboxylic acids is 2. The third-order valence-corrected chi connectivity index (χ3v) is 7.75. The maximum atomic E-state index is 13.8. The van der Waals surface area contributed by atoms with Crippen LogP contribution in [0.15, 0.2) is 48.6 Å². The second-order valence-electron chi connectivity index (χ2n) is 9.66. The van der Waals surface area contributed by atoms with E-state index in [9.17, 15) is 9.59 Å². The summed E-state index contributed by atoms with van der Waals surface area (Å²) in [7, 11) is 6.30. The molecule has 7 nitrogen and oxygen atoms in total. The molecule has 0 aromatic heterocycles. The van der Waals surface area contributed by atoms with Crippen LogP contribution in [-0.4, -0.2) is 64.0 Å². The van der Waals surface area contributed by atoms with Crippen molar-refractivity contribution in [1.82, 2.24) is 4.90 Å². The highest BCUT2D eigenvalue weighted by molar-refractivity contribution is 6.17. The van der Waals surface area contributed by atoms with Crippen molar-refractivity contribution in [2.45, 2.75) is 45.6 Å². The van der Waals surface area contributed by atoms with E-state index in [1.807, 2.05) is 24.3 Å². The van der Waals surface area contributed by atoms with Gasteiger partial charge in [0.15, 0.2) is 34.6 Å². The first-order valence-electron chi connectivity index (χ1n) is 13.5. The van der Waals surface area contributed by atoms with Crippen molar-refractivity contribution in [3.63, 3.8) is 0 Å². The Morgan fingerprint density at radius 1 is 0.744 bits per heavy atom. The molecule has 39 heavy (non-hydrogen) atoms. The first-order chi connectivity index (χ1) is 18.8. The van der Waals surface area contributed by atoms with Crippen LogP contribution in [0.2, 0.25) is 0 Å². The van der Waals surface area contributed by atoms with Crippen molar-refractivity contribution in [2.75, 3.05) is 41.5 Å². The summed E-state index contributed by atoms with van der Waals surface area (Å²) in [5, 5.41) is 0. The fourth-order valence-electron chi connectivity index (χ4n) is 5.39. The Hall–Kier alpha value is -3.58. The number of rotatable bonds is 13. The van der Waals surface area contributed by atoms with Crippen LogP contribution in [0.1, 0.15) is 50.7 Å². The highest BCUT2D eigenvalue weighted by Gasteiger charge is 2.46. The SMILES string of the molecule is CCN(CC)C1CCC(C(=O)/C=C/c2ccc(OC)c(OC)c2)(C(=O)/C=C/c2ccc(OC)c(OC)c2)CC1. The van der Waals surface area contributed by atoms with Gasteiger partial charge in [-0.2, -0.15) is 0 Å². The Bertz CT molecular complexity index is 1110. The van der Waals surface area contributed by atoms with Gasteiger partial charge >= 0.3 is 0 Å². The molecule has 1 aliphatic rings. The van der Waals surface area contributed by atoms with E-state index < -0.39 is 5.41 Å². The zero-order chi connectivity index (χ0) is 28.4. The second kappa shape index (κ2) is 14.0. The number of ketones is 2. The van der Waals surface area contributed by atoms with E-state index in [0.717, 1.165) is 37.1 Å². The molecule has 0 amide bonds. The summed E-state index contributed by atoms with van der Waals surface area (Å²) in [6.45, 7) is 6.21. The number of benzene rings is 2. The summed E-state index contributed by atoms with van der Waals surface area (Å²) in [6.07, 6.45) is 9.20. The van der Waals surface area contributed by atoms with E-state index >= 15 is 0 Å². The minimum Gasteiger partial charge on any atom is -0.493 e. The highest BCUT2D eigenvalue weighted by Crippen LogP contribution is 2.41. The maximum absolute atomic E-state index is 13.8. The highest BCUT2D eigenvalue weighted by atomic mass is 16.5. The molecule has 3 rings (SSSR count). The predicted molar refractivity (Wildman–Crippen MR) is 155 cm³/mol. The van der Waals surface area contributed by atoms with Crippen LogP contribution in [0.3, 0.4) is 0 Å². The van der Waals surface area contributed by atoms with Crippen LogP contribution in [0.5, 0.6) is 23.0 Å². The van der Waals surface area contributed by atoms with Gasteiger partial charge in [0.05, 0.1) is 33.9 Å². The lowest BCUT2D eigenvalue weighted by molar-refractivity contribution is -0.138. The van der Waals surface area contributed by atoms with Crippen molar-refractivity contribution in [2.24, 2.45) is 5.41 Å². The minimum absolute atomic E-state index is 0.169. The first-order valence-corrected chi connectivity index (χ1v) is 13.5. The summed E-state index contributed by atoms with van der Waals surface area (Å²) in [5.41, 5.74) is 0.492. The molecule has 2 aromatic rings.